The van der Waals surface area contributed by atoms with E-state index < -0.39 is 5.97 Å². The van der Waals surface area contributed by atoms with Crippen molar-refractivity contribution in [2.75, 3.05) is 13.7 Å². The molecule has 0 bridgehead atoms. The number of benzene rings is 1. The lowest BCUT2D eigenvalue weighted by Gasteiger charge is -2.12. The van der Waals surface area contributed by atoms with Crippen LogP contribution in [0.5, 0.6) is 5.88 Å². The van der Waals surface area contributed by atoms with E-state index in [1.807, 2.05) is 0 Å². The number of hydrogen-bond donors (Lipinski definition) is 0. The number of nitrogens with zero attached hydrogens (tertiary/aromatic N) is 2. The Morgan fingerprint density at radius 2 is 2.00 bits per heavy atom. The molecule has 1 aromatic heterocycles. The van der Waals surface area contributed by atoms with Gasteiger partial charge < -0.3 is 9.47 Å². The van der Waals surface area contributed by atoms with Crippen molar-refractivity contribution in [2.24, 2.45) is 0 Å². The maximum absolute atomic E-state index is 12.0. The number of rotatable bonds is 4. The lowest BCUT2D eigenvalue weighted by atomic mass is 10.1. The maximum atomic E-state index is 12.0. The van der Waals surface area contributed by atoms with E-state index in [9.17, 15) is 4.79 Å². The molecule has 0 fully saturated rings. The molecule has 0 atom stereocenters. The molecule has 2 aromatic rings. The predicted octanol–water partition coefficient (Wildman–Crippen LogP) is 3.94. The number of aryl methyl sites for hydroxylation is 1. The highest BCUT2D eigenvalue weighted by atomic mass is 35.5. The first kappa shape index (κ1) is 16.5. The fourth-order valence-corrected chi connectivity index (χ4v) is 2.29. The van der Waals surface area contributed by atoms with Crippen LogP contribution in [0.2, 0.25) is 10.0 Å². The molecule has 0 saturated heterocycles. The van der Waals surface area contributed by atoms with Crippen molar-refractivity contribution < 1.29 is 14.3 Å². The maximum Gasteiger partial charge on any atom is 0.358 e. The molecular formula is C15H14Cl2N2O3. The molecule has 116 valence electrons. The second-order valence-corrected chi connectivity index (χ2v) is 5.12. The molecule has 0 N–H and O–H groups in total. The third-order valence-corrected chi connectivity index (χ3v) is 3.73. The third-order valence-electron chi connectivity index (χ3n) is 2.91. The number of ether oxygens (including phenoxy) is 2. The highest BCUT2D eigenvalue weighted by Crippen LogP contribution is 2.36. The zero-order valence-electron chi connectivity index (χ0n) is 12.3. The number of aromatic nitrogens is 2. The van der Waals surface area contributed by atoms with E-state index in [2.05, 4.69) is 9.97 Å². The standard InChI is InChI=1S/C15H14Cl2N2O3/c1-4-22-15(20)12-8(2)18-14(21-3)13(19-12)9-6-5-7-10(16)11(9)17/h5-7H,4H2,1-3H3. The molecule has 22 heavy (non-hydrogen) atoms. The van der Waals surface area contributed by atoms with E-state index in [0.717, 1.165) is 0 Å². The fraction of sp³-hybridized carbons (Fsp3) is 0.267. The van der Waals surface area contributed by atoms with Gasteiger partial charge >= 0.3 is 5.97 Å². The number of esters is 1. The molecule has 0 unspecified atom stereocenters. The summed E-state index contributed by atoms with van der Waals surface area (Å²) < 4.78 is 10.2. The van der Waals surface area contributed by atoms with E-state index in [1.165, 1.54) is 7.11 Å². The summed E-state index contributed by atoms with van der Waals surface area (Å²) in [6, 6.07) is 5.12. The lowest BCUT2D eigenvalue weighted by molar-refractivity contribution is 0.0518. The molecule has 0 aliphatic heterocycles. The molecule has 5 nitrogen and oxygen atoms in total. The van der Waals surface area contributed by atoms with Gasteiger partial charge in [0.05, 0.1) is 29.5 Å². The van der Waals surface area contributed by atoms with Crippen LogP contribution in [-0.2, 0) is 4.74 Å². The summed E-state index contributed by atoms with van der Waals surface area (Å²) in [7, 11) is 1.47. The molecule has 7 heteroatoms. The monoisotopic (exact) mass is 340 g/mol. The van der Waals surface area contributed by atoms with Crippen molar-refractivity contribution in [1.29, 1.82) is 0 Å². The van der Waals surface area contributed by atoms with Gasteiger partial charge in [0.25, 0.3) is 0 Å². The minimum absolute atomic E-state index is 0.119. The van der Waals surface area contributed by atoms with Crippen molar-refractivity contribution in [3.8, 4) is 17.1 Å². The van der Waals surface area contributed by atoms with Gasteiger partial charge in [0, 0.05) is 5.56 Å². The fourth-order valence-electron chi connectivity index (χ4n) is 1.90. The zero-order chi connectivity index (χ0) is 16.3. The van der Waals surface area contributed by atoms with Crippen molar-refractivity contribution in [3.63, 3.8) is 0 Å². The summed E-state index contributed by atoms with van der Waals surface area (Å²) >= 11 is 12.2. The van der Waals surface area contributed by atoms with Crippen LogP contribution < -0.4 is 4.74 Å². The van der Waals surface area contributed by atoms with Crippen LogP contribution in [0.25, 0.3) is 11.3 Å². The van der Waals surface area contributed by atoms with Gasteiger partial charge in [-0.1, -0.05) is 35.3 Å². The average molecular weight is 341 g/mol. The lowest BCUT2D eigenvalue weighted by Crippen LogP contribution is -2.12. The summed E-state index contributed by atoms with van der Waals surface area (Å²) in [6.45, 7) is 3.63. The van der Waals surface area contributed by atoms with Gasteiger partial charge in [0.2, 0.25) is 5.88 Å². The Balaban J connectivity index is 2.66. The molecule has 1 heterocycles. The predicted molar refractivity (Wildman–Crippen MR) is 84.7 cm³/mol. The van der Waals surface area contributed by atoms with E-state index in [0.29, 0.717) is 27.0 Å². The Kier molecular flexibility index (Phi) is 5.21. The first-order valence-corrected chi connectivity index (χ1v) is 7.29. The van der Waals surface area contributed by atoms with Crippen molar-refractivity contribution in [3.05, 3.63) is 39.6 Å². The van der Waals surface area contributed by atoms with E-state index in [1.54, 1.807) is 32.0 Å². The molecule has 0 aliphatic rings. The van der Waals surface area contributed by atoms with Gasteiger partial charge in [-0.3, -0.25) is 0 Å². The molecule has 0 spiro atoms. The van der Waals surface area contributed by atoms with E-state index in [-0.39, 0.29) is 18.2 Å². The molecule has 0 saturated carbocycles. The Labute approximate surface area is 138 Å². The summed E-state index contributed by atoms with van der Waals surface area (Å²) in [5.41, 5.74) is 1.40. The van der Waals surface area contributed by atoms with Crippen LogP contribution in [0.1, 0.15) is 23.1 Å². The summed E-state index contributed by atoms with van der Waals surface area (Å²) in [5, 5.41) is 0.691. The number of carbonyl (C=O) groups is 1. The van der Waals surface area contributed by atoms with Gasteiger partial charge in [0.15, 0.2) is 5.69 Å². The normalized spacial score (nSPS) is 10.4. The van der Waals surface area contributed by atoms with E-state index in [4.69, 9.17) is 32.7 Å². The zero-order valence-corrected chi connectivity index (χ0v) is 13.8. The number of methoxy groups -OCH3 is 1. The van der Waals surface area contributed by atoms with Crippen LogP contribution in [0.15, 0.2) is 18.2 Å². The second-order valence-electron chi connectivity index (χ2n) is 4.34. The number of carbonyl (C=O) groups excluding carboxylic acids is 1. The molecule has 0 radical (unpaired) electrons. The molecule has 2 rings (SSSR count). The minimum Gasteiger partial charge on any atom is -0.479 e. The van der Waals surface area contributed by atoms with Gasteiger partial charge in [0.1, 0.15) is 5.69 Å². The van der Waals surface area contributed by atoms with Gasteiger partial charge in [-0.15, -0.1) is 0 Å². The van der Waals surface area contributed by atoms with Crippen LogP contribution >= 0.6 is 23.2 Å². The summed E-state index contributed by atoms with van der Waals surface area (Å²) in [6.07, 6.45) is 0. The van der Waals surface area contributed by atoms with Gasteiger partial charge in [-0.05, 0) is 19.9 Å². The number of hydrogen-bond acceptors (Lipinski definition) is 5. The number of halogens is 2. The Hall–Kier alpha value is -1.85. The Bertz CT molecular complexity index is 720. The minimum atomic E-state index is -0.547. The molecule has 0 amide bonds. The first-order valence-electron chi connectivity index (χ1n) is 6.53. The van der Waals surface area contributed by atoms with E-state index >= 15 is 0 Å². The van der Waals surface area contributed by atoms with Gasteiger partial charge in [-0.25, -0.2) is 14.8 Å². The highest BCUT2D eigenvalue weighted by molar-refractivity contribution is 6.43. The van der Waals surface area contributed by atoms with Crippen LogP contribution in [0.4, 0.5) is 0 Å². The van der Waals surface area contributed by atoms with Crippen LogP contribution in [0, 0.1) is 6.92 Å². The smallest absolute Gasteiger partial charge is 0.358 e. The van der Waals surface area contributed by atoms with Crippen molar-refractivity contribution >= 4 is 29.2 Å². The summed E-state index contributed by atoms with van der Waals surface area (Å²) in [4.78, 5) is 20.6. The molecule has 0 aliphatic carbocycles. The van der Waals surface area contributed by atoms with Crippen molar-refractivity contribution in [1.82, 2.24) is 9.97 Å². The van der Waals surface area contributed by atoms with Gasteiger partial charge in [-0.2, -0.15) is 0 Å². The van der Waals surface area contributed by atoms with Crippen LogP contribution in [0.3, 0.4) is 0 Å². The topological polar surface area (TPSA) is 61.3 Å². The molecular weight excluding hydrogens is 327 g/mol. The van der Waals surface area contributed by atoms with Crippen LogP contribution in [-0.4, -0.2) is 29.7 Å². The Morgan fingerprint density at radius 1 is 1.27 bits per heavy atom. The Morgan fingerprint density at radius 3 is 2.64 bits per heavy atom. The summed E-state index contributed by atoms with van der Waals surface area (Å²) in [5.74, 6) is -0.288. The molecule has 1 aromatic carbocycles. The van der Waals surface area contributed by atoms with Crippen molar-refractivity contribution in [2.45, 2.75) is 13.8 Å². The quantitative estimate of drug-likeness (QED) is 0.788. The first-order chi connectivity index (χ1) is 10.5. The third kappa shape index (κ3) is 3.15. The SMILES string of the molecule is CCOC(=O)c1nc(-c2cccc(Cl)c2Cl)c(OC)nc1C. The average Bonchev–Trinajstić information content (AvgIpc) is 2.50. The second kappa shape index (κ2) is 6.94. The largest absolute Gasteiger partial charge is 0.479 e. The highest BCUT2D eigenvalue weighted by Gasteiger charge is 2.21.